The zero-order chi connectivity index (χ0) is 17.7. The number of piperazine rings is 1. The predicted octanol–water partition coefficient (Wildman–Crippen LogP) is 1.75. The second-order valence-corrected chi connectivity index (χ2v) is 7.78. The normalized spacial score (nSPS) is 21.4. The molecule has 0 aromatic heterocycles. The Hall–Kier alpha value is -1.43. The molecule has 1 aliphatic carbocycles. The molecule has 2 aliphatic rings. The van der Waals surface area contributed by atoms with Crippen LogP contribution in [0.5, 0.6) is 0 Å². The quantitative estimate of drug-likeness (QED) is 0.825. The van der Waals surface area contributed by atoms with E-state index in [-0.39, 0.29) is 12.3 Å². The van der Waals surface area contributed by atoms with Crippen LogP contribution < -0.4 is 5.32 Å². The fourth-order valence-electron chi connectivity index (χ4n) is 3.80. The molecule has 3 rings (SSSR count). The maximum Gasteiger partial charge on any atom is 0.223 e. The molecule has 0 spiro atoms. The third kappa shape index (κ3) is 5.53. The van der Waals surface area contributed by atoms with Crippen molar-refractivity contribution in [2.45, 2.75) is 50.8 Å². The molecule has 5 heteroatoms. The van der Waals surface area contributed by atoms with Crippen molar-refractivity contribution in [1.82, 2.24) is 15.1 Å². The van der Waals surface area contributed by atoms with E-state index in [9.17, 15) is 9.90 Å². The van der Waals surface area contributed by atoms with Crippen LogP contribution in [0.1, 0.15) is 43.2 Å². The molecule has 1 saturated heterocycles. The van der Waals surface area contributed by atoms with Crippen molar-refractivity contribution in [2.24, 2.45) is 0 Å². The van der Waals surface area contributed by atoms with Crippen molar-refractivity contribution in [2.75, 3.05) is 33.2 Å². The lowest BCUT2D eigenvalue weighted by Crippen LogP contribution is -2.43. The average Bonchev–Trinajstić information content (AvgIpc) is 3.02. The molecule has 1 amide bonds. The molecular formula is C20H31N3O2. The molecule has 2 fully saturated rings. The highest BCUT2D eigenvalue weighted by Gasteiger charge is 2.33. The van der Waals surface area contributed by atoms with Gasteiger partial charge in [0.2, 0.25) is 5.91 Å². The van der Waals surface area contributed by atoms with Gasteiger partial charge in [-0.1, -0.05) is 37.1 Å². The van der Waals surface area contributed by atoms with E-state index in [2.05, 4.69) is 46.4 Å². The summed E-state index contributed by atoms with van der Waals surface area (Å²) < 4.78 is 0. The van der Waals surface area contributed by atoms with E-state index in [4.69, 9.17) is 0 Å². The smallest absolute Gasteiger partial charge is 0.223 e. The summed E-state index contributed by atoms with van der Waals surface area (Å²) in [5.74, 6) is -0.0501. The maximum atomic E-state index is 12.1. The van der Waals surface area contributed by atoms with Crippen LogP contribution in [0.2, 0.25) is 0 Å². The van der Waals surface area contributed by atoms with Crippen LogP contribution in [0.15, 0.2) is 24.3 Å². The summed E-state index contributed by atoms with van der Waals surface area (Å²) in [6.45, 7) is 6.04. The molecule has 0 atom stereocenters. The number of benzene rings is 1. The van der Waals surface area contributed by atoms with Crippen molar-refractivity contribution < 1.29 is 9.90 Å². The van der Waals surface area contributed by atoms with Gasteiger partial charge in [0.15, 0.2) is 0 Å². The largest absolute Gasteiger partial charge is 0.389 e. The molecular weight excluding hydrogens is 314 g/mol. The van der Waals surface area contributed by atoms with Gasteiger partial charge in [-0.3, -0.25) is 9.69 Å². The molecule has 1 aromatic rings. The van der Waals surface area contributed by atoms with Crippen LogP contribution in [-0.4, -0.2) is 59.6 Å². The summed E-state index contributed by atoms with van der Waals surface area (Å²) in [5, 5.41) is 13.2. The van der Waals surface area contributed by atoms with Crippen LogP contribution in [0.25, 0.3) is 0 Å². The monoisotopic (exact) mass is 345 g/mol. The first kappa shape index (κ1) is 18.4. The topological polar surface area (TPSA) is 55.8 Å². The molecule has 1 aliphatic heterocycles. The van der Waals surface area contributed by atoms with Gasteiger partial charge in [-0.05, 0) is 31.0 Å². The number of hydrogen-bond acceptors (Lipinski definition) is 4. The van der Waals surface area contributed by atoms with E-state index < -0.39 is 5.60 Å². The number of carbonyl (C=O) groups is 1. The molecule has 0 unspecified atom stereocenters. The Labute approximate surface area is 151 Å². The highest BCUT2D eigenvalue weighted by molar-refractivity contribution is 5.77. The van der Waals surface area contributed by atoms with E-state index in [0.29, 0.717) is 6.54 Å². The second kappa shape index (κ2) is 8.30. The molecule has 0 bridgehead atoms. The van der Waals surface area contributed by atoms with Crippen molar-refractivity contribution in [1.29, 1.82) is 0 Å². The lowest BCUT2D eigenvalue weighted by molar-refractivity contribution is -0.126. The minimum Gasteiger partial charge on any atom is -0.389 e. The second-order valence-electron chi connectivity index (χ2n) is 7.78. The maximum absolute atomic E-state index is 12.1. The standard InChI is InChI=1S/C20H31N3O2/c1-22-10-12-23(13-11-22)16-18-6-4-17(5-7-18)15-21-19(24)14-20(25)8-2-3-9-20/h4-7,25H,2-3,8-16H2,1H3,(H,21,24). The number of nitrogens with one attached hydrogen (secondary N) is 1. The van der Waals surface area contributed by atoms with E-state index in [1.807, 2.05) is 0 Å². The van der Waals surface area contributed by atoms with E-state index in [0.717, 1.165) is 64.0 Å². The zero-order valence-electron chi connectivity index (χ0n) is 15.3. The van der Waals surface area contributed by atoms with Crippen molar-refractivity contribution in [3.8, 4) is 0 Å². The minimum absolute atomic E-state index is 0.0501. The molecule has 1 heterocycles. The van der Waals surface area contributed by atoms with Crippen molar-refractivity contribution >= 4 is 5.91 Å². The van der Waals surface area contributed by atoms with Gasteiger partial charge in [0, 0.05) is 39.3 Å². The Morgan fingerprint density at radius 3 is 2.32 bits per heavy atom. The van der Waals surface area contributed by atoms with Gasteiger partial charge >= 0.3 is 0 Å². The third-order valence-corrected chi connectivity index (χ3v) is 5.54. The number of carbonyl (C=O) groups excluding carboxylic acids is 1. The summed E-state index contributed by atoms with van der Waals surface area (Å²) >= 11 is 0. The van der Waals surface area contributed by atoms with Crippen LogP contribution >= 0.6 is 0 Å². The fourth-order valence-corrected chi connectivity index (χ4v) is 3.80. The molecule has 138 valence electrons. The first-order chi connectivity index (χ1) is 12.0. The number of amides is 1. The first-order valence-corrected chi connectivity index (χ1v) is 9.50. The Morgan fingerprint density at radius 2 is 1.68 bits per heavy atom. The SMILES string of the molecule is CN1CCN(Cc2ccc(CNC(=O)CC3(O)CCCC3)cc2)CC1. The number of rotatable bonds is 6. The van der Waals surface area contributed by atoms with Crippen LogP contribution in [-0.2, 0) is 17.9 Å². The number of likely N-dealkylation sites (N-methyl/N-ethyl adjacent to an activating group) is 1. The van der Waals surface area contributed by atoms with Gasteiger partial charge in [0.1, 0.15) is 0 Å². The fraction of sp³-hybridized carbons (Fsp3) is 0.650. The van der Waals surface area contributed by atoms with Crippen molar-refractivity contribution in [3.63, 3.8) is 0 Å². The molecule has 0 radical (unpaired) electrons. The Balaban J connectivity index is 1.42. The van der Waals surface area contributed by atoms with Crippen LogP contribution in [0, 0.1) is 0 Å². The van der Waals surface area contributed by atoms with Gasteiger partial charge in [0.05, 0.1) is 12.0 Å². The summed E-state index contributed by atoms with van der Waals surface area (Å²) in [6, 6.07) is 8.50. The summed E-state index contributed by atoms with van der Waals surface area (Å²) in [5.41, 5.74) is 1.66. The number of aliphatic hydroxyl groups is 1. The van der Waals surface area contributed by atoms with Gasteiger partial charge in [-0.25, -0.2) is 0 Å². The van der Waals surface area contributed by atoms with Gasteiger partial charge in [0.25, 0.3) is 0 Å². The van der Waals surface area contributed by atoms with E-state index in [1.165, 1.54) is 5.56 Å². The number of nitrogens with zero attached hydrogens (tertiary/aromatic N) is 2. The Bertz CT molecular complexity index is 559. The van der Waals surface area contributed by atoms with Gasteiger partial charge in [-0.15, -0.1) is 0 Å². The lowest BCUT2D eigenvalue weighted by atomic mass is 9.97. The molecule has 5 nitrogen and oxygen atoms in total. The van der Waals surface area contributed by atoms with E-state index >= 15 is 0 Å². The summed E-state index contributed by atoms with van der Waals surface area (Å²) in [7, 11) is 2.17. The van der Waals surface area contributed by atoms with Crippen LogP contribution in [0.4, 0.5) is 0 Å². The third-order valence-electron chi connectivity index (χ3n) is 5.54. The van der Waals surface area contributed by atoms with Crippen LogP contribution in [0.3, 0.4) is 0 Å². The predicted molar refractivity (Wildman–Crippen MR) is 99.1 cm³/mol. The minimum atomic E-state index is -0.767. The highest BCUT2D eigenvalue weighted by Crippen LogP contribution is 2.32. The van der Waals surface area contributed by atoms with Gasteiger partial charge < -0.3 is 15.3 Å². The zero-order valence-corrected chi connectivity index (χ0v) is 15.3. The Morgan fingerprint density at radius 1 is 1.08 bits per heavy atom. The molecule has 1 aromatic carbocycles. The molecule has 2 N–H and O–H groups in total. The molecule has 25 heavy (non-hydrogen) atoms. The summed E-state index contributed by atoms with van der Waals surface area (Å²) in [6.07, 6.45) is 3.79. The molecule has 1 saturated carbocycles. The van der Waals surface area contributed by atoms with Crippen molar-refractivity contribution in [3.05, 3.63) is 35.4 Å². The summed E-state index contributed by atoms with van der Waals surface area (Å²) in [4.78, 5) is 16.9. The highest BCUT2D eigenvalue weighted by atomic mass is 16.3. The number of hydrogen-bond donors (Lipinski definition) is 2. The Kier molecular flexibility index (Phi) is 6.10. The first-order valence-electron chi connectivity index (χ1n) is 9.50. The van der Waals surface area contributed by atoms with E-state index in [1.54, 1.807) is 0 Å². The van der Waals surface area contributed by atoms with Gasteiger partial charge in [-0.2, -0.15) is 0 Å². The average molecular weight is 345 g/mol. The lowest BCUT2D eigenvalue weighted by Gasteiger charge is -2.32.